The third-order valence-corrected chi connectivity index (χ3v) is 9.06. The lowest BCUT2D eigenvalue weighted by atomic mass is 9.57. The molecule has 0 spiro atoms. The number of anilines is 3. The fourth-order valence-electron chi connectivity index (χ4n) is 7.02. The summed E-state index contributed by atoms with van der Waals surface area (Å²) in [5.41, 5.74) is 4.71. The van der Waals surface area contributed by atoms with E-state index < -0.39 is 69.8 Å². The number of ketones is 2. The van der Waals surface area contributed by atoms with Crippen molar-refractivity contribution >= 4 is 46.3 Å². The normalized spacial score (nSPS) is 24.2. The van der Waals surface area contributed by atoms with Crippen LogP contribution in [0.15, 0.2) is 41.2 Å². The number of aliphatic hydroxyl groups excluding tert-OH is 2. The van der Waals surface area contributed by atoms with Crippen molar-refractivity contribution in [3.05, 3.63) is 63.4 Å². The number of aryl methyl sites for hydroxylation is 2. The molecular weight excluding hydrogens is 582 g/mol. The van der Waals surface area contributed by atoms with Crippen molar-refractivity contribution in [3.63, 3.8) is 0 Å². The third kappa shape index (κ3) is 4.79. The number of fused-ring (bicyclic) bond motifs is 3. The van der Waals surface area contributed by atoms with Gasteiger partial charge in [0.1, 0.15) is 17.1 Å². The molecule has 3 amide bonds. The highest BCUT2D eigenvalue weighted by Crippen LogP contribution is 2.54. The molecule has 8 N–H and O–H groups in total. The number of primary amides is 1. The highest BCUT2D eigenvalue weighted by molar-refractivity contribution is 6.24. The van der Waals surface area contributed by atoms with E-state index in [2.05, 4.69) is 10.6 Å². The summed E-state index contributed by atoms with van der Waals surface area (Å²) in [6, 6.07) is 5.20. The summed E-state index contributed by atoms with van der Waals surface area (Å²) in [5, 5.41) is 51.3. The quantitative estimate of drug-likeness (QED) is 0.192. The van der Waals surface area contributed by atoms with Gasteiger partial charge in [-0.1, -0.05) is 17.7 Å². The molecule has 2 aromatic rings. The summed E-state index contributed by atoms with van der Waals surface area (Å²) < 4.78 is 0. The van der Waals surface area contributed by atoms with Crippen molar-refractivity contribution in [2.75, 3.05) is 43.7 Å². The van der Waals surface area contributed by atoms with E-state index in [0.29, 0.717) is 16.9 Å². The van der Waals surface area contributed by atoms with Gasteiger partial charge in [-0.3, -0.25) is 19.3 Å². The van der Waals surface area contributed by atoms with Crippen LogP contribution in [0, 0.1) is 25.7 Å². The maximum absolute atomic E-state index is 14.1. The van der Waals surface area contributed by atoms with Gasteiger partial charge in [0.25, 0.3) is 5.91 Å². The van der Waals surface area contributed by atoms with Crippen LogP contribution >= 0.6 is 0 Å². The molecule has 4 unspecified atom stereocenters. The number of carbonyl (C=O) groups excluding carboxylic acids is 4. The lowest BCUT2D eigenvalue weighted by Gasteiger charge is -2.50. The summed E-state index contributed by atoms with van der Waals surface area (Å²) in [6.45, 7) is 3.76. The van der Waals surface area contributed by atoms with E-state index in [1.54, 1.807) is 45.2 Å². The predicted octanol–water partition coefficient (Wildman–Crippen LogP) is 2.29. The van der Waals surface area contributed by atoms with Gasteiger partial charge in [0.2, 0.25) is 5.78 Å². The second-order valence-electron chi connectivity index (χ2n) is 12.4. The van der Waals surface area contributed by atoms with Crippen molar-refractivity contribution in [2.24, 2.45) is 17.6 Å². The van der Waals surface area contributed by atoms with E-state index in [9.17, 15) is 39.6 Å². The average molecular weight is 620 g/mol. The standard InChI is InChI=1S/C32H37N5O8/c1-13-7-8-18(14(2)9-13)34-31(44)35-19-12-20(36(3)4)16-10-15-11-17-24(37(5)6)27(40)23(30(33)43)29(42)32(17,45)28(41)21(15)26(39)22(16)25(19)38/h7-9,12,15,17,24,38-39,42,45H,10-11H2,1-6H3,(H2,33,43)(H2,34,35,44). The van der Waals surface area contributed by atoms with Gasteiger partial charge in [0.05, 0.1) is 17.3 Å². The van der Waals surface area contributed by atoms with Crippen LogP contribution in [0.1, 0.15) is 28.7 Å². The Morgan fingerprint density at radius 3 is 2.22 bits per heavy atom. The number of carbonyl (C=O) groups is 4. The Hall–Kier alpha value is -4.88. The number of hydrogen-bond donors (Lipinski definition) is 7. The fourth-order valence-corrected chi connectivity index (χ4v) is 7.02. The number of nitrogens with two attached hydrogens (primary N) is 1. The van der Waals surface area contributed by atoms with Gasteiger partial charge in [-0.2, -0.15) is 0 Å². The number of aromatic hydroxyl groups is 1. The molecule has 0 aliphatic heterocycles. The Kier molecular flexibility index (Phi) is 7.66. The number of benzene rings is 2. The van der Waals surface area contributed by atoms with E-state index in [1.165, 1.54) is 4.90 Å². The summed E-state index contributed by atoms with van der Waals surface area (Å²) in [5.74, 6) is -7.46. The molecule has 1 fully saturated rings. The summed E-state index contributed by atoms with van der Waals surface area (Å²) >= 11 is 0. The van der Waals surface area contributed by atoms with Gasteiger partial charge in [-0.05, 0) is 70.0 Å². The number of urea groups is 1. The van der Waals surface area contributed by atoms with Crippen LogP contribution in [-0.4, -0.2) is 88.7 Å². The highest BCUT2D eigenvalue weighted by Gasteiger charge is 2.64. The second-order valence-corrected chi connectivity index (χ2v) is 12.4. The molecule has 0 heterocycles. The van der Waals surface area contributed by atoms with Gasteiger partial charge in [-0.25, -0.2) is 4.79 Å². The molecule has 1 saturated carbocycles. The minimum atomic E-state index is -2.74. The Bertz CT molecular complexity index is 1740. The fraction of sp³-hybridized carbons (Fsp3) is 0.375. The van der Waals surface area contributed by atoms with Crippen molar-refractivity contribution in [2.45, 2.75) is 38.3 Å². The first-order valence-electron chi connectivity index (χ1n) is 14.4. The Morgan fingerprint density at radius 1 is 1.00 bits per heavy atom. The first kappa shape index (κ1) is 31.5. The van der Waals surface area contributed by atoms with Crippen molar-refractivity contribution in [3.8, 4) is 5.75 Å². The number of amides is 3. The maximum Gasteiger partial charge on any atom is 0.323 e. The van der Waals surface area contributed by atoms with Crippen molar-refractivity contribution in [1.29, 1.82) is 0 Å². The van der Waals surface area contributed by atoms with Crippen LogP contribution in [-0.2, 0) is 20.8 Å². The van der Waals surface area contributed by atoms with Crippen LogP contribution in [0.4, 0.5) is 21.9 Å². The van der Waals surface area contributed by atoms with Gasteiger partial charge in [-0.15, -0.1) is 0 Å². The number of likely N-dealkylation sites (N-methyl/N-ethyl adjacent to an activating group) is 1. The minimum absolute atomic E-state index is 0.0301. The molecule has 3 aliphatic rings. The van der Waals surface area contributed by atoms with E-state index in [0.717, 1.165) is 11.1 Å². The highest BCUT2D eigenvalue weighted by atomic mass is 16.3. The zero-order valence-corrected chi connectivity index (χ0v) is 25.8. The SMILES string of the molecule is Cc1ccc(NC(=O)Nc2cc(N(C)C)c3c(c2O)C(O)=C2C(=O)C4(O)C(O)=C(C(N)=O)C(=O)C(N(C)C)C4CC2C3)c(C)c1. The molecule has 5 rings (SSSR count). The molecule has 13 heteroatoms. The minimum Gasteiger partial charge on any atom is -0.508 e. The molecule has 3 aliphatic carbocycles. The first-order chi connectivity index (χ1) is 21.0. The number of phenols is 1. The van der Waals surface area contributed by atoms with E-state index in [-0.39, 0.29) is 29.7 Å². The molecule has 0 bridgehead atoms. The Morgan fingerprint density at radius 2 is 1.64 bits per heavy atom. The number of nitrogens with zero attached hydrogens (tertiary/aromatic N) is 2. The van der Waals surface area contributed by atoms with Gasteiger partial charge >= 0.3 is 6.03 Å². The van der Waals surface area contributed by atoms with Crippen LogP contribution in [0.25, 0.3) is 5.76 Å². The van der Waals surface area contributed by atoms with Crippen molar-refractivity contribution in [1.82, 2.24) is 4.90 Å². The van der Waals surface area contributed by atoms with E-state index >= 15 is 0 Å². The number of rotatable bonds is 5. The predicted molar refractivity (Wildman–Crippen MR) is 167 cm³/mol. The zero-order valence-electron chi connectivity index (χ0n) is 25.8. The number of hydrogen-bond acceptors (Lipinski definition) is 10. The number of Topliss-reactive ketones (excluding diaryl/α,β-unsaturated/α-hetero) is 2. The van der Waals surface area contributed by atoms with Crippen LogP contribution in [0.2, 0.25) is 0 Å². The van der Waals surface area contributed by atoms with Crippen molar-refractivity contribution < 1.29 is 39.6 Å². The summed E-state index contributed by atoms with van der Waals surface area (Å²) in [6.07, 6.45) is 0.0857. The molecule has 238 valence electrons. The Labute approximate surface area is 259 Å². The molecule has 0 radical (unpaired) electrons. The molecule has 45 heavy (non-hydrogen) atoms. The Balaban J connectivity index is 1.63. The van der Waals surface area contributed by atoms with Crippen LogP contribution in [0.5, 0.6) is 5.75 Å². The summed E-state index contributed by atoms with van der Waals surface area (Å²) in [4.78, 5) is 55.8. The van der Waals surface area contributed by atoms with Crippen LogP contribution < -0.4 is 21.3 Å². The first-order valence-corrected chi connectivity index (χ1v) is 14.4. The van der Waals surface area contributed by atoms with Gasteiger partial charge in [0.15, 0.2) is 17.1 Å². The number of aliphatic hydroxyl groups is 3. The monoisotopic (exact) mass is 619 g/mol. The largest absolute Gasteiger partial charge is 0.508 e. The summed E-state index contributed by atoms with van der Waals surface area (Å²) in [7, 11) is 6.56. The third-order valence-electron chi connectivity index (χ3n) is 9.06. The second kappa shape index (κ2) is 10.9. The lowest BCUT2D eigenvalue weighted by Crippen LogP contribution is -2.65. The lowest BCUT2D eigenvalue weighted by molar-refractivity contribution is -0.153. The van der Waals surface area contributed by atoms with Gasteiger partial charge < -0.3 is 41.7 Å². The molecule has 0 saturated heterocycles. The molecule has 2 aromatic carbocycles. The zero-order chi connectivity index (χ0) is 33.3. The van der Waals surface area contributed by atoms with Gasteiger partial charge in [0, 0.05) is 37.0 Å². The van der Waals surface area contributed by atoms with Crippen LogP contribution in [0.3, 0.4) is 0 Å². The molecule has 13 nitrogen and oxygen atoms in total. The van der Waals surface area contributed by atoms with E-state index in [4.69, 9.17) is 5.73 Å². The number of nitrogens with one attached hydrogen (secondary N) is 2. The van der Waals surface area contributed by atoms with E-state index in [1.807, 2.05) is 26.0 Å². The topological polar surface area (TPSA) is 206 Å². The molecule has 0 aromatic heterocycles. The smallest absolute Gasteiger partial charge is 0.323 e. The number of phenolic OH excluding ortho intramolecular Hbond substituents is 1. The maximum atomic E-state index is 14.1. The molecule has 4 atom stereocenters. The molecular formula is C32H37N5O8. The average Bonchev–Trinajstić information content (AvgIpc) is 2.93.